The molecule has 0 spiro atoms. The largest absolute Gasteiger partial charge is 0.508 e. The van der Waals surface area contributed by atoms with Gasteiger partial charge in [0.05, 0.1) is 0 Å². The molecular weight excluding hydrogens is 183 g/mol. The molecule has 2 heteroatoms. The predicted octanol–water partition coefficient (Wildman–Crippen LogP) is 2.88. The Bertz CT molecular complexity index is 333. The Balaban J connectivity index is 3.05. The van der Waals surface area contributed by atoms with Crippen molar-refractivity contribution in [1.82, 2.24) is 0 Å². The molecule has 0 saturated carbocycles. The second-order valence-corrected chi connectivity index (χ2v) is 4.96. The van der Waals surface area contributed by atoms with E-state index in [1.165, 1.54) is 5.56 Å². The van der Waals surface area contributed by atoms with E-state index in [0.717, 1.165) is 0 Å². The van der Waals surface area contributed by atoms with Gasteiger partial charge in [0.15, 0.2) is 0 Å². The van der Waals surface area contributed by atoms with E-state index in [2.05, 4.69) is 33.8 Å². The quantitative estimate of drug-likeness (QED) is 0.590. The van der Waals surface area contributed by atoms with Crippen LogP contribution in [0.3, 0.4) is 0 Å². The van der Waals surface area contributed by atoms with Gasteiger partial charge in [-0.25, -0.2) is 0 Å². The highest BCUT2D eigenvalue weighted by Gasteiger charge is 2.23. The van der Waals surface area contributed by atoms with E-state index in [9.17, 15) is 5.11 Å². The number of phenolic OH excluding ortho intramolecular Hbond substituents is 1. The van der Waals surface area contributed by atoms with Crippen molar-refractivity contribution in [3.05, 3.63) is 42.0 Å². The fourth-order valence-corrected chi connectivity index (χ4v) is 1.77. The maximum Gasteiger partial charge on any atom is 0.115 e. The zero-order chi connectivity index (χ0) is 11.5. The third-order valence-electron chi connectivity index (χ3n) is 2.57. The number of hydrogen-bond donors (Lipinski definition) is 1. The van der Waals surface area contributed by atoms with Crippen molar-refractivity contribution in [2.24, 2.45) is 0 Å². The monoisotopic (exact) mass is 202 g/mol. The predicted molar refractivity (Wildman–Crippen MR) is 68.2 cm³/mol. The summed E-state index contributed by atoms with van der Waals surface area (Å²) in [6.07, 6.45) is 4.30. The first kappa shape index (κ1) is 11.9. The molecule has 15 heavy (non-hydrogen) atoms. The first-order valence-electron chi connectivity index (χ1n) is 5.37. The van der Waals surface area contributed by atoms with Crippen molar-refractivity contribution in [1.29, 1.82) is 0 Å². The summed E-state index contributed by atoms with van der Waals surface area (Å²) in [5, 5.41) is 9.45. The molecule has 0 aliphatic carbocycles. The topological polar surface area (TPSA) is 20.2 Å². The lowest BCUT2D eigenvalue weighted by Crippen LogP contribution is -2.13. The maximum absolute atomic E-state index is 9.25. The molecule has 1 unspecified atom stereocenters. The van der Waals surface area contributed by atoms with E-state index < -0.39 is 0 Å². The Kier molecular flexibility index (Phi) is 3.62. The lowest BCUT2D eigenvalue weighted by molar-refractivity contribution is 0.474. The number of benzene rings is 1. The van der Waals surface area contributed by atoms with Crippen LogP contribution < -0.4 is 0 Å². The lowest BCUT2D eigenvalue weighted by atomic mass is 9.61. The van der Waals surface area contributed by atoms with Gasteiger partial charge in [0.2, 0.25) is 0 Å². The number of rotatable bonds is 3. The van der Waals surface area contributed by atoms with Gasteiger partial charge in [0, 0.05) is 0 Å². The first-order valence-corrected chi connectivity index (χ1v) is 5.37. The van der Waals surface area contributed by atoms with Crippen molar-refractivity contribution in [2.75, 3.05) is 0 Å². The summed E-state index contributed by atoms with van der Waals surface area (Å²) in [6, 6.07) is 7.48. The van der Waals surface area contributed by atoms with Gasteiger partial charge in [0.1, 0.15) is 13.6 Å². The van der Waals surface area contributed by atoms with Crippen LogP contribution in [0.25, 0.3) is 0 Å². The highest BCUT2D eigenvalue weighted by molar-refractivity contribution is 6.15. The molecule has 0 aromatic heterocycles. The molecule has 1 nitrogen and oxygen atoms in total. The van der Waals surface area contributed by atoms with Crippen molar-refractivity contribution < 1.29 is 5.11 Å². The Labute approximate surface area is 93.2 Å². The minimum Gasteiger partial charge on any atom is -0.508 e. The Morgan fingerprint density at radius 2 is 1.80 bits per heavy atom. The summed E-state index contributed by atoms with van der Waals surface area (Å²) in [5.41, 5.74) is 1.25. The molecule has 0 aliphatic heterocycles. The van der Waals surface area contributed by atoms with E-state index in [-0.39, 0.29) is 5.31 Å². The average molecular weight is 202 g/mol. The summed E-state index contributed by atoms with van der Waals surface area (Å²) >= 11 is 0. The fraction of sp³-hybridized carbons (Fsp3) is 0.385. The van der Waals surface area contributed by atoms with Crippen LogP contribution >= 0.6 is 0 Å². The van der Waals surface area contributed by atoms with Gasteiger partial charge in [-0.3, -0.25) is 0 Å². The van der Waals surface area contributed by atoms with E-state index >= 15 is 0 Å². The summed E-state index contributed by atoms with van der Waals surface area (Å²) in [4.78, 5) is 0. The Morgan fingerprint density at radius 3 is 2.20 bits per heavy atom. The van der Waals surface area contributed by atoms with Gasteiger partial charge >= 0.3 is 0 Å². The number of phenols is 1. The molecule has 1 atom stereocenters. The number of allylic oxidation sites excluding steroid dienone is 2. The van der Waals surface area contributed by atoms with E-state index in [4.69, 9.17) is 0 Å². The Morgan fingerprint density at radius 1 is 1.27 bits per heavy atom. The standard InChI is InChI=1S/C13H19BO/c1-4-5-12(13(2,3)14)10-6-8-11(15)9-7-10/h4-9,12,15H,14H2,1-3H3/b5-4-. The third-order valence-corrected chi connectivity index (χ3v) is 2.57. The van der Waals surface area contributed by atoms with Gasteiger partial charge in [-0.05, 0) is 30.5 Å². The minimum absolute atomic E-state index is 0.198. The van der Waals surface area contributed by atoms with Gasteiger partial charge in [-0.15, -0.1) is 0 Å². The molecule has 0 saturated heterocycles. The molecule has 0 radical (unpaired) electrons. The van der Waals surface area contributed by atoms with Crippen molar-refractivity contribution in [3.63, 3.8) is 0 Å². The summed E-state index contributed by atoms with van der Waals surface area (Å²) < 4.78 is 0. The second kappa shape index (κ2) is 4.56. The zero-order valence-corrected chi connectivity index (χ0v) is 9.99. The number of hydrogen-bond acceptors (Lipinski definition) is 1. The average Bonchev–Trinajstić information content (AvgIpc) is 2.14. The van der Waals surface area contributed by atoms with E-state index in [1.54, 1.807) is 12.1 Å². The smallest absolute Gasteiger partial charge is 0.115 e. The van der Waals surface area contributed by atoms with Crippen LogP contribution in [0.1, 0.15) is 32.3 Å². The van der Waals surface area contributed by atoms with Crippen LogP contribution in [0.2, 0.25) is 5.31 Å². The highest BCUT2D eigenvalue weighted by Crippen LogP contribution is 2.40. The van der Waals surface area contributed by atoms with Gasteiger partial charge < -0.3 is 5.11 Å². The molecule has 1 N–H and O–H groups in total. The SMILES string of the molecule is BC(C)(C)C(/C=C\C)c1ccc(O)cc1. The van der Waals surface area contributed by atoms with Crippen molar-refractivity contribution in [2.45, 2.75) is 32.0 Å². The van der Waals surface area contributed by atoms with E-state index in [0.29, 0.717) is 11.7 Å². The second-order valence-electron chi connectivity index (χ2n) is 4.96. The summed E-state index contributed by atoms with van der Waals surface area (Å²) in [5.74, 6) is 0.718. The maximum atomic E-state index is 9.25. The van der Waals surface area contributed by atoms with Gasteiger partial charge in [0.25, 0.3) is 0 Å². The normalized spacial score (nSPS) is 14.3. The molecule has 1 aromatic carbocycles. The molecule has 1 rings (SSSR count). The van der Waals surface area contributed by atoms with Crippen LogP contribution in [0.4, 0.5) is 0 Å². The molecule has 0 bridgehead atoms. The molecule has 80 valence electrons. The first-order chi connectivity index (χ1) is 6.95. The van der Waals surface area contributed by atoms with Crippen LogP contribution in [-0.4, -0.2) is 13.0 Å². The van der Waals surface area contributed by atoms with Crippen molar-refractivity contribution in [3.8, 4) is 5.75 Å². The summed E-state index contributed by atoms with van der Waals surface area (Å²) in [6.45, 7) is 6.49. The van der Waals surface area contributed by atoms with Crippen LogP contribution in [0, 0.1) is 0 Å². The highest BCUT2D eigenvalue weighted by atomic mass is 16.3. The molecule has 0 fully saturated rings. The van der Waals surface area contributed by atoms with Crippen LogP contribution in [0.15, 0.2) is 36.4 Å². The van der Waals surface area contributed by atoms with Crippen molar-refractivity contribution >= 4 is 7.85 Å². The fourth-order valence-electron chi connectivity index (χ4n) is 1.77. The molecule has 1 aromatic rings. The Hall–Kier alpha value is -1.18. The molecule has 0 amide bonds. The van der Waals surface area contributed by atoms with Gasteiger partial charge in [-0.1, -0.05) is 43.4 Å². The summed E-state index contributed by atoms with van der Waals surface area (Å²) in [7, 11) is 2.23. The van der Waals surface area contributed by atoms with Crippen LogP contribution in [-0.2, 0) is 0 Å². The van der Waals surface area contributed by atoms with Gasteiger partial charge in [-0.2, -0.15) is 0 Å². The van der Waals surface area contributed by atoms with E-state index in [1.807, 2.05) is 19.1 Å². The number of aromatic hydroxyl groups is 1. The molecule has 0 heterocycles. The van der Waals surface area contributed by atoms with Crippen LogP contribution in [0.5, 0.6) is 5.75 Å². The minimum atomic E-state index is 0.198. The lowest BCUT2D eigenvalue weighted by Gasteiger charge is -2.28. The zero-order valence-electron chi connectivity index (χ0n) is 9.99. The third kappa shape index (κ3) is 3.16. The molecule has 0 aliphatic rings. The molecular formula is C13H19BO.